The lowest BCUT2D eigenvalue weighted by molar-refractivity contribution is -0.143. The van der Waals surface area contributed by atoms with Gasteiger partial charge in [-0.2, -0.15) is 0 Å². The average Bonchev–Trinajstić information content (AvgIpc) is 2.72. The van der Waals surface area contributed by atoms with Crippen molar-refractivity contribution < 1.29 is 19.4 Å². The lowest BCUT2D eigenvalue weighted by atomic mass is 10.1. The predicted molar refractivity (Wildman–Crippen MR) is 90.8 cm³/mol. The molecule has 1 fully saturated rings. The Labute approximate surface area is 143 Å². The first kappa shape index (κ1) is 18.3. The number of nitrogens with zero attached hydrogens (tertiary/aromatic N) is 2. The van der Waals surface area contributed by atoms with Gasteiger partial charge in [-0.15, -0.1) is 0 Å². The summed E-state index contributed by atoms with van der Waals surface area (Å²) < 4.78 is 5.41. The molecule has 1 N–H and O–H groups in total. The largest absolute Gasteiger partial charge is 0.480 e. The fraction of sp³-hybridized carbons (Fsp3) is 0.556. The molecule has 1 heterocycles. The Hall–Kier alpha value is -2.08. The lowest BCUT2D eigenvalue weighted by Gasteiger charge is -2.28. The molecule has 0 spiro atoms. The molecule has 1 aliphatic rings. The number of aliphatic carboxylic acids is 1. The van der Waals surface area contributed by atoms with E-state index in [4.69, 9.17) is 4.74 Å². The second-order valence-corrected chi connectivity index (χ2v) is 7.01. The Morgan fingerprint density at radius 3 is 2.33 bits per heavy atom. The van der Waals surface area contributed by atoms with Crippen LogP contribution >= 0.6 is 0 Å². The van der Waals surface area contributed by atoms with Gasteiger partial charge in [0.1, 0.15) is 11.6 Å². The van der Waals surface area contributed by atoms with Gasteiger partial charge in [0.2, 0.25) is 0 Å². The molecule has 1 saturated heterocycles. The molecule has 0 bridgehead atoms. The maximum absolute atomic E-state index is 12.2. The Kier molecular flexibility index (Phi) is 5.83. The SMILES string of the molecule is CC(C)(C)OC(=O)N1CCCN([C@@H](C(=O)O)c2ccccc2)CC1. The maximum Gasteiger partial charge on any atom is 0.410 e. The number of benzene rings is 1. The van der Waals surface area contributed by atoms with Crippen LogP contribution in [0, 0.1) is 0 Å². The molecule has 6 heteroatoms. The number of ether oxygens (including phenoxy) is 1. The molecule has 0 radical (unpaired) electrons. The van der Waals surface area contributed by atoms with E-state index in [-0.39, 0.29) is 6.09 Å². The molecule has 1 aromatic carbocycles. The van der Waals surface area contributed by atoms with Crippen LogP contribution in [0.4, 0.5) is 4.79 Å². The number of carbonyl (C=O) groups excluding carboxylic acids is 1. The van der Waals surface area contributed by atoms with Crippen molar-refractivity contribution in [1.29, 1.82) is 0 Å². The van der Waals surface area contributed by atoms with Crippen molar-refractivity contribution in [2.24, 2.45) is 0 Å². The first-order valence-corrected chi connectivity index (χ1v) is 8.27. The fourth-order valence-electron chi connectivity index (χ4n) is 2.85. The van der Waals surface area contributed by atoms with Gasteiger partial charge in [0, 0.05) is 26.2 Å². The molecule has 0 saturated carbocycles. The Morgan fingerprint density at radius 1 is 1.08 bits per heavy atom. The van der Waals surface area contributed by atoms with Crippen molar-refractivity contribution in [2.45, 2.75) is 38.8 Å². The van der Waals surface area contributed by atoms with Crippen molar-refractivity contribution >= 4 is 12.1 Å². The van der Waals surface area contributed by atoms with Gasteiger partial charge in [0.25, 0.3) is 0 Å². The highest BCUT2D eigenvalue weighted by molar-refractivity contribution is 5.75. The first-order valence-electron chi connectivity index (χ1n) is 8.27. The van der Waals surface area contributed by atoms with Crippen molar-refractivity contribution in [3.8, 4) is 0 Å². The highest BCUT2D eigenvalue weighted by atomic mass is 16.6. The molecule has 6 nitrogen and oxygen atoms in total. The van der Waals surface area contributed by atoms with Crippen LogP contribution < -0.4 is 0 Å². The average molecular weight is 334 g/mol. The summed E-state index contributed by atoms with van der Waals surface area (Å²) in [5.74, 6) is -0.869. The first-order chi connectivity index (χ1) is 11.3. The fourth-order valence-corrected chi connectivity index (χ4v) is 2.85. The molecule has 24 heavy (non-hydrogen) atoms. The molecule has 1 amide bonds. The minimum absolute atomic E-state index is 0.337. The van der Waals surface area contributed by atoms with Crippen molar-refractivity contribution in [3.05, 3.63) is 35.9 Å². The topological polar surface area (TPSA) is 70.1 Å². The second-order valence-electron chi connectivity index (χ2n) is 7.01. The predicted octanol–water partition coefficient (Wildman–Crippen LogP) is 2.76. The number of rotatable bonds is 3. The van der Waals surface area contributed by atoms with Crippen molar-refractivity contribution in [2.75, 3.05) is 26.2 Å². The van der Waals surface area contributed by atoms with Crippen LogP contribution in [0.15, 0.2) is 30.3 Å². The molecule has 1 aromatic rings. The summed E-state index contributed by atoms with van der Waals surface area (Å²) in [5, 5.41) is 9.65. The van der Waals surface area contributed by atoms with E-state index in [2.05, 4.69) is 0 Å². The molecule has 132 valence electrons. The number of hydrogen-bond acceptors (Lipinski definition) is 4. The zero-order valence-corrected chi connectivity index (χ0v) is 14.6. The van der Waals surface area contributed by atoms with Crippen LogP contribution in [0.5, 0.6) is 0 Å². The smallest absolute Gasteiger partial charge is 0.410 e. The normalized spacial score (nSPS) is 17.9. The van der Waals surface area contributed by atoms with Crippen molar-refractivity contribution in [1.82, 2.24) is 9.80 Å². The standard InChI is InChI=1S/C18H26N2O4/c1-18(2,3)24-17(23)20-11-7-10-19(12-13-20)15(16(21)22)14-8-5-4-6-9-14/h4-6,8-9,15H,7,10-13H2,1-3H3,(H,21,22)/t15-/m1/s1. The van der Waals surface area contributed by atoms with Crippen molar-refractivity contribution in [3.63, 3.8) is 0 Å². The number of hydrogen-bond donors (Lipinski definition) is 1. The maximum atomic E-state index is 12.2. The van der Waals surface area contributed by atoms with Gasteiger partial charge in [-0.25, -0.2) is 4.79 Å². The van der Waals surface area contributed by atoms with E-state index in [1.807, 2.05) is 56.0 Å². The monoisotopic (exact) mass is 334 g/mol. The molecular formula is C18H26N2O4. The van der Waals surface area contributed by atoms with E-state index >= 15 is 0 Å². The molecule has 1 atom stereocenters. The summed E-state index contributed by atoms with van der Waals surface area (Å²) in [5.41, 5.74) is 0.229. The number of carboxylic acids is 1. The van der Waals surface area contributed by atoms with Gasteiger partial charge in [-0.3, -0.25) is 9.69 Å². The number of carboxylic acid groups (broad SMARTS) is 1. The number of carbonyl (C=O) groups is 2. The van der Waals surface area contributed by atoms with E-state index in [0.717, 1.165) is 12.0 Å². The summed E-state index contributed by atoms with van der Waals surface area (Å²) in [7, 11) is 0. The van der Waals surface area contributed by atoms with E-state index in [0.29, 0.717) is 26.2 Å². The minimum Gasteiger partial charge on any atom is -0.480 e. The van der Waals surface area contributed by atoms with Gasteiger partial charge in [0.05, 0.1) is 0 Å². The van der Waals surface area contributed by atoms with E-state index < -0.39 is 17.6 Å². The van der Waals surface area contributed by atoms with E-state index in [1.54, 1.807) is 4.90 Å². The Morgan fingerprint density at radius 2 is 1.75 bits per heavy atom. The Balaban J connectivity index is 2.06. The summed E-state index contributed by atoms with van der Waals surface area (Å²) in [6, 6.07) is 8.52. The summed E-state index contributed by atoms with van der Waals surface area (Å²) in [4.78, 5) is 27.6. The third-order valence-electron chi connectivity index (χ3n) is 3.90. The van der Waals surface area contributed by atoms with Gasteiger partial charge in [-0.1, -0.05) is 30.3 Å². The van der Waals surface area contributed by atoms with Gasteiger partial charge >= 0.3 is 12.1 Å². The Bertz CT molecular complexity index is 568. The second kappa shape index (κ2) is 7.66. The van der Waals surface area contributed by atoms with Crippen LogP contribution in [-0.2, 0) is 9.53 Å². The molecule has 0 aromatic heterocycles. The van der Waals surface area contributed by atoms with Gasteiger partial charge < -0.3 is 14.7 Å². The summed E-state index contributed by atoms with van der Waals surface area (Å²) in [6.45, 7) is 7.69. The van der Waals surface area contributed by atoms with Crippen LogP contribution in [-0.4, -0.2) is 58.7 Å². The van der Waals surface area contributed by atoms with Crippen LogP contribution in [0.1, 0.15) is 38.8 Å². The number of amides is 1. The molecule has 2 rings (SSSR count). The molecule has 1 aliphatic heterocycles. The third-order valence-corrected chi connectivity index (χ3v) is 3.90. The molecule has 0 aliphatic carbocycles. The van der Waals surface area contributed by atoms with Crippen LogP contribution in [0.3, 0.4) is 0 Å². The quantitative estimate of drug-likeness (QED) is 0.920. The highest BCUT2D eigenvalue weighted by Gasteiger charge is 2.31. The molecular weight excluding hydrogens is 308 g/mol. The van der Waals surface area contributed by atoms with Gasteiger partial charge in [0.15, 0.2) is 0 Å². The highest BCUT2D eigenvalue weighted by Crippen LogP contribution is 2.23. The van der Waals surface area contributed by atoms with Crippen LogP contribution in [0.25, 0.3) is 0 Å². The minimum atomic E-state index is -0.869. The summed E-state index contributed by atoms with van der Waals surface area (Å²) in [6.07, 6.45) is 0.381. The zero-order valence-electron chi connectivity index (χ0n) is 14.6. The van der Waals surface area contributed by atoms with E-state index in [1.165, 1.54) is 0 Å². The summed E-state index contributed by atoms with van der Waals surface area (Å²) >= 11 is 0. The third kappa shape index (κ3) is 4.96. The van der Waals surface area contributed by atoms with E-state index in [9.17, 15) is 14.7 Å². The zero-order chi connectivity index (χ0) is 17.7. The lowest BCUT2D eigenvalue weighted by Crippen LogP contribution is -2.40. The van der Waals surface area contributed by atoms with Crippen LogP contribution in [0.2, 0.25) is 0 Å². The van der Waals surface area contributed by atoms with Gasteiger partial charge in [-0.05, 0) is 32.8 Å². The molecule has 0 unspecified atom stereocenters.